The number of nitrogens with one attached hydrogen (secondary N) is 1. The third kappa shape index (κ3) is 1.94. The Balaban J connectivity index is 2.04. The van der Waals surface area contributed by atoms with Gasteiger partial charge in [-0.15, -0.1) is 0 Å². The highest BCUT2D eigenvalue weighted by molar-refractivity contribution is 7.91. The molecule has 17 heavy (non-hydrogen) atoms. The summed E-state index contributed by atoms with van der Waals surface area (Å²) in [6.07, 6.45) is 3.67. The number of sulfone groups is 1. The van der Waals surface area contributed by atoms with E-state index in [2.05, 4.69) is 10.3 Å². The lowest BCUT2D eigenvalue weighted by Gasteiger charge is -2.22. The van der Waals surface area contributed by atoms with Crippen molar-refractivity contribution >= 4 is 15.4 Å². The Labute approximate surface area is 99.4 Å². The summed E-state index contributed by atoms with van der Waals surface area (Å²) in [5, 5.41) is 3.21. The first-order chi connectivity index (χ1) is 8.16. The number of nitrogens with zero attached hydrogens (tertiary/aromatic N) is 2. The number of rotatable bonds is 1. The van der Waals surface area contributed by atoms with Crippen LogP contribution in [0.15, 0.2) is 30.6 Å². The molecule has 1 fully saturated rings. The summed E-state index contributed by atoms with van der Waals surface area (Å²) in [6, 6.07) is 5.59. The first-order valence-electron chi connectivity index (χ1n) is 5.51. The van der Waals surface area contributed by atoms with Crippen LogP contribution in [0.1, 0.15) is 11.9 Å². The molecule has 0 spiro atoms. The average molecular weight is 251 g/mol. The maximum absolute atomic E-state index is 11.6. The minimum Gasteiger partial charge on any atom is -0.305 e. The lowest BCUT2D eigenvalue weighted by atomic mass is 10.3. The van der Waals surface area contributed by atoms with Crippen molar-refractivity contribution in [3.8, 4) is 0 Å². The average Bonchev–Trinajstić information content (AvgIpc) is 2.71. The lowest BCUT2D eigenvalue weighted by molar-refractivity contribution is 0.514. The van der Waals surface area contributed by atoms with Crippen LogP contribution in [0.2, 0.25) is 0 Å². The monoisotopic (exact) mass is 251 g/mol. The molecule has 3 heterocycles. The Hall–Kier alpha value is -1.40. The van der Waals surface area contributed by atoms with Crippen LogP contribution < -0.4 is 5.32 Å². The fourth-order valence-corrected chi connectivity index (χ4v) is 3.54. The summed E-state index contributed by atoms with van der Waals surface area (Å²) in [7, 11) is -2.94. The highest BCUT2D eigenvalue weighted by atomic mass is 32.2. The van der Waals surface area contributed by atoms with Gasteiger partial charge in [0.05, 0.1) is 29.3 Å². The van der Waals surface area contributed by atoms with Crippen LogP contribution in [0.4, 0.5) is 0 Å². The topological polar surface area (TPSA) is 63.5 Å². The molecule has 90 valence electrons. The minimum absolute atomic E-state index is 0.126. The van der Waals surface area contributed by atoms with E-state index in [1.165, 1.54) is 0 Å². The SMILES string of the molecule is O=S1(=O)CCNC(c2ncc3ccccn23)C1. The molecule has 1 atom stereocenters. The van der Waals surface area contributed by atoms with Gasteiger partial charge in [0.1, 0.15) is 5.82 Å². The van der Waals surface area contributed by atoms with Crippen molar-refractivity contribution in [2.24, 2.45) is 0 Å². The van der Waals surface area contributed by atoms with Gasteiger partial charge in [-0.2, -0.15) is 0 Å². The van der Waals surface area contributed by atoms with Gasteiger partial charge in [0.2, 0.25) is 0 Å². The Morgan fingerprint density at radius 3 is 3.12 bits per heavy atom. The van der Waals surface area contributed by atoms with Crippen LogP contribution in [0.3, 0.4) is 0 Å². The number of pyridine rings is 1. The van der Waals surface area contributed by atoms with Crippen LogP contribution in [-0.2, 0) is 9.84 Å². The largest absolute Gasteiger partial charge is 0.305 e. The van der Waals surface area contributed by atoms with Crippen LogP contribution in [0, 0.1) is 0 Å². The predicted octanol–water partition coefficient (Wildman–Crippen LogP) is 0.393. The van der Waals surface area contributed by atoms with Crippen molar-refractivity contribution in [3.63, 3.8) is 0 Å². The molecule has 1 aliphatic heterocycles. The third-order valence-corrected chi connectivity index (χ3v) is 4.67. The molecule has 0 aromatic carbocycles. The van der Waals surface area contributed by atoms with Crippen molar-refractivity contribution in [2.45, 2.75) is 6.04 Å². The summed E-state index contributed by atoms with van der Waals surface area (Å²) >= 11 is 0. The molecule has 2 aromatic rings. The van der Waals surface area contributed by atoms with Crippen molar-refractivity contribution in [2.75, 3.05) is 18.1 Å². The molecule has 1 N–H and O–H groups in total. The lowest BCUT2D eigenvalue weighted by Crippen LogP contribution is -2.40. The van der Waals surface area contributed by atoms with Crippen molar-refractivity contribution in [1.29, 1.82) is 0 Å². The molecule has 0 radical (unpaired) electrons. The molecule has 3 rings (SSSR count). The van der Waals surface area contributed by atoms with E-state index >= 15 is 0 Å². The zero-order valence-corrected chi connectivity index (χ0v) is 10.0. The van der Waals surface area contributed by atoms with E-state index in [-0.39, 0.29) is 17.5 Å². The van der Waals surface area contributed by atoms with Gasteiger partial charge in [-0.3, -0.25) is 0 Å². The maximum atomic E-state index is 11.6. The highest BCUT2D eigenvalue weighted by Gasteiger charge is 2.27. The van der Waals surface area contributed by atoms with E-state index in [0.717, 1.165) is 11.3 Å². The first-order valence-corrected chi connectivity index (χ1v) is 7.34. The van der Waals surface area contributed by atoms with Crippen molar-refractivity contribution < 1.29 is 8.42 Å². The summed E-state index contributed by atoms with van der Waals surface area (Å²) in [5.74, 6) is 1.11. The fourth-order valence-electron chi connectivity index (χ4n) is 2.17. The molecular formula is C11H13N3O2S. The smallest absolute Gasteiger partial charge is 0.153 e. The second kappa shape index (κ2) is 3.82. The molecule has 2 aromatic heterocycles. The van der Waals surface area contributed by atoms with E-state index in [4.69, 9.17) is 0 Å². The molecule has 5 nitrogen and oxygen atoms in total. The summed E-state index contributed by atoms with van der Waals surface area (Å²) in [4.78, 5) is 4.32. The normalized spacial score (nSPS) is 23.9. The van der Waals surface area contributed by atoms with Gasteiger partial charge in [-0.1, -0.05) is 6.07 Å². The number of hydrogen-bond acceptors (Lipinski definition) is 4. The van der Waals surface area contributed by atoms with Gasteiger partial charge >= 0.3 is 0 Å². The number of aromatic nitrogens is 2. The molecular weight excluding hydrogens is 238 g/mol. The quantitative estimate of drug-likeness (QED) is 0.796. The summed E-state index contributed by atoms with van der Waals surface area (Å²) < 4.78 is 25.2. The van der Waals surface area contributed by atoms with Gasteiger partial charge < -0.3 is 9.72 Å². The molecule has 6 heteroatoms. The van der Waals surface area contributed by atoms with Crippen molar-refractivity contribution in [3.05, 3.63) is 36.4 Å². The Kier molecular flexibility index (Phi) is 2.41. The Bertz CT molecular complexity index is 648. The van der Waals surface area contributed by atoms with Gasteiger partial charge in [-0.25, -0.2) is 13.4 Å². The second-order valence-electron chi connectivity index (χ2n) is 4.23. The molecule has 0 saturated carbocycles. The van der Waals surface area contributed by atoms with E-state index in [9.17, 15) is 8.42 Å². The van der Waals surface area contributed by atoms with Gasteiger partial charge in [0.25, 0.3) is 0 Å². The van der Waals surface area contributed by atoms with Gasteiger partial charge in [0.15, 0.2) is 9.84 Å². The van der Waals surface area contributed by atoms with E-state index in [1.807, 2.05) is 28.8 Å². The van der Waals surface area contributed by atoms with Gasteiger partial charge in [0, 0.05) is 12.7 Å². The summed E-state index contributed by atoms with van der Waals surface area (Å²) in [6.45, 7) is 0.495. The predicted molar refractivity (Wildman–Crippen MR) is 64.6 cm³/mol. The number of hydrogen-bond donors (Lipinski definition) is 1. The zero-order valence-electron chi connectivity index (χ0n) is 9.20. The number of imidazole rings is 1. The number of fused-ring (bicyclic) bond motifs is 1. The molecule has 1 unspecified atom stereocenters. The summed E-state index contributed by atoms with van der Waals surface area (Å²) in [5.41, 5.74) is 0.979. The molecule has 0 aliphatic carbocycles. The Morgan fingerprint density at radius 2 is 2.29 bits per heavy atom. The van der Waals surface area contributed by atoms with Crippen LogP contribution in [0.5, 0.6) is 0 Å². The Morgan fingerprint density at radius 1 is 1.41 bits per heavy atom. The standard InChI is InChI=1S/C11H13N3O2S/c15-17(16)6-4-12-10(8-17)11-13-7-9-3-1-2-5-14(9)11/h1-3,5,7,10,12H,4,6,8H2. The molecule has 1 saturated heterocycles. The van der Waals surface area contributed by atoms with Crippen LogP contribution >= 0.6 is 0 Å². The van der Waals surface area contributed by atoms with Gasteiger partial charge in [-0.05, 0) is 12.1 Å². The molecule has 1 aliphatic rings. The third-order valence-electron chi connectivity index (χ3n) is 3.00. The van der Waals surface area contributed by atoms with E-state index in [1.54, 1.807) is 6.20 Å². The first kappa shape index (κ1) is 10.7. The fraction of sp³-hybridized carbons (Fsp3) is 0.364. The van der Waals surface area contributed by atoms with Crippen LogP contribution in [-0.4, -0.2) is 35.9 Å². The van der Waals surface area contributed by atoms with Crippen molar-refractivity contribution in [1.82, 2.24) is 14.7 Å². The van der Waals surface area contributed by atoms with Crippen LogP contribution in [0.25, 0.3) is 5.52 Å². The minimum atomic E-state index is -2.94. The molecule has 0 bridgehead atoms. The van der Waals surface area contributed by atoms with E-state index in [0.29, 0.717) is 6.54 Å². The second-order valence-corrected chi connectivity index (χ2v) is 6.46. The van der Waals surface area contributed by atoms with E-state index < -0.39 is 9.84 Å². The molecule has 0 amide bonds. The zero-order chi connectivity index (χ0) is 11.9. The highest BCUT2D eigenvalue weighted by Crippen LogP contribution is 2.18. The maximum Gasteiger partial charge on any atom is 0.153 e.